The molecule has 6 heteroatoms. The summed E-state index contributed by atoms with van der Waals surface area (Å²) in [6.07, 6.45) is 7.68. The number of unbranched alkanes of at least 4 members (excludes halogenated alkanes) is 1. The van der Waals surface area contributed by atoms with E-state index in [1.807, 2.05) is 30.3 Å². The second kappa shape index (κ2) is 13.0. The van der Waals surface area contributed by atoms with E-state index in [2.05, 4.69) is 11.8 Å². The molecule has 0 spiro atoms. The smallest absolute Gasteiger partial charge is 0.335 e. The molecule has 0 fully saturated rings. The zero-order valence-electron chi connectivity index (χ0n) is 19.7. The summed E-state index contributed by atoms with van der Waals surface area (Å²) in [6, 6.07) is 14.5. The van der Waals surface area contributed by atoms with Gasteiger partial charge in [-0.2, -0.15) is 0 Å². The van der Waals surface area contributed by atoms with Crippen LogP contribution in [0.1, 0.15) is 67.8 Å². The zero-order valence-corrected chi connectivity index (χ0v) is 19.7. The van der Waals surface area contributed by atoms with Gasteiger partial charge in [-0.25, -0.2) is 4.79 Å². The van der Waals surface area contributed by atoms with Gasteiger partial charge in [0.1, 0.15) is 5.75 Å². The Kier molecular flexibility index (Phi) is 9.76. The van der Waals surface area contributed by atoms with Crippen molar-refractivity contribution in [3.63, 3.8) is 0 Å². The van der Waals surface area contributed by atoms with Crippen LogP contribution < -0.4 is 9.64 Å². The Morgan fingerprint density at radius 3 is 2.42 bits per heavy atom. The standard InChI is InChI=1S/C27H36N2O4/c1-2-3-16-28-17-10-5-4-6-11-18-29(26(30)21-33-24-12-8-7-9-13-24)25-15-14-22(27(31)32)19-23(25)20-28/h7-9,12-15,19H,2-6,10-11,16-18,20-21H2,1H3,(H,31,32). The third kappa shape index (κ3) is 7.60. The largest absolute Gasteiger partial charge is 0.484 e. The lowest BCUT2D eigenvalue weighted by atomic mass is 10.0. The number of carboxylic acids is 1. The van der Waals surface area contributed by atoms with Gasteiger partial charge < -0.3 is 14.7 Å². The molecule has 1 aliphatic rings. The number of anilines is 1. The molecule has 6 nitrogen and oxygen atoms in total. The number of carbonyl (C=O) groups is 2. The molecule has 3 rings (SSSR count). The molecule has 0 radical (unpaired) electrons. The monoisotopic (exact) mass is 452 g/mol. The van der Waals surface area contributed by atoms with Gasteiger partial charge in [0, 0.05) is 18.8 Å². The van der Waals surface area contributed by atoms with Gasteiger partial charge in [-0.1, -0.05) is 50.8 Å². The van der Waals surface area contributed by atoms with Crippen molar-refractivity contribution in [2.24, 2.45) is 0 Å². The maximum absolute atomic E-state index is 13.3. The van der Waals surface area contributed by atoms with E-state index >= 15 is 0 Å². The molecule has 0 atom stereocenters. The van der Waals surface area contributed by atoms with Gasteiger partial charge in [-0.3, -0.25) is 9.69 Å². The number of fused-ring (bicyclic) bond motifs is 1. The highest BCUT2D eigenvalue weighted by Crippen LogP contribution is 2.26. The van der Waals surface area contributed by atoms with Crippen molar-refractivity contribution >= 4 is 17.6 Å². The molecule has 0 aromatic heterocycles. The number of rotatable bonds is 7. The molecular weight excluding hydrogens is 416 g/mol. The van der Waals surface area contributed by atoms with Crippen molar-refractivity contribution in [1.29, 1.82) is 0 Å². The van der Waals surface area contributed by atoms with Gasteiger partial charge >= 0.3 is 5.97 Å². The summed E-state index contributed by atoms with van der Waals surface area (Å²) in [5.74, 6) is -0.401. The van der Waals surface area contributed by atoms with Crippen LogP contribution >= 0.6 is 0 Å². The predicted molar refractivity (Wildman–Crippen MR) is 131 cm³/mol. The third-order valence-corrected chi connectivity index (χ3v) is 6.10. The maximum Gasteiger partial charge on any atom is 0.335 e. The summed E-state index contributed by atoms with van der Waals surface area (Å²) < 4.78 is 5.75. The topological polar surface area (TPSA) is 70.1 Å². The van der Waals surface area contributed by atoms with E-state index < -0.39 is 5.97 Å². The minimum atomic E-state index is -0.950. The van der Waals surface area contributed by atoms with Crippen LogP contribution in [0.4, 0.5) is 5.69 Å². The number of aromatic carboxylic acids is 1. The number of ether oxygens (including phenoxy) is 1. The number of benzene rings is 2. The van der Waals surface area contributed by atoms with E-state index in [-0.39, 0.29) is 18.1 Å². The Bertz CT molecular complexity index is 900. The minimum Gasteiger partial charge on any atom is -0.484 e. The molecule has 0 aliphatic carbocycles. The van der Waals surface area contributed by atoms with Crippen LogP contribution in [0.15, 0.2) is 48.5 Å². The Morgan fingerprint density at radius 1 is 0.970 bits per heavy atom. The van der Waals surface area contributed by atoms with Gasteiger partial charge in [-0.15, -0.1) is 0 Å². The summed E-state index contributed by atoms with van der Waals surface area (Å²) >= 11 is 0. The molecular formula is C27H36N2O4. The lowest BCUT2D eigenvalue weighted by molar-refractivity contribution is -0.120. The molecule has 0 unspecified atom stereocenters. The first kappa shape index (κ1) is 24.8. The molecule has 1 heterocycles. The number of amides is 1. The van der Waals surface area contributed by atoms with Crippen molar-refractivity contribution in [3.8, 4) is 5.75 Å². The number of carbonyl (C=O) groups excluding carboxylic acids is 1. The van der Waals surface area contributed by atoms with Crippen LogP contribution in [-0.2, 0) is 11.3 Å². The molecule has 33 heavy (non-hydrogen) atoms. The van der Waals surface area contributed by atoms with E-state index in [9.17, 15) is 14.7 Å². The van der Waals surface area contributed by atoms with Gasteiger partial charge in [0.25, 0.3) is 5.91 Å². The maximum atomic E-state index is 13.3. The lowest BCUT2D eigenvalue weighted by Gasteiger charge is -2.29. The summed E-state index contributed by atoms with van der Waals surface area (Å²) in [6.45, 7) is 5.33. The first-order chi connectivity index (χ1) is 16.1. The third-order valence-electron chi connectivity index (χ3n) is 6.10. The van der Waals surface area contributed by atoms with Crippen molar-refractivity contribution in [3.05, 3.63) is 59.7 Å². The second-order valence-corrected chi connectivity index (χ2v) is 8.69. The first-order valence-electron chi connectivity index (χ1n) is 12.1. The average molecular weight is 453 g/mol. The minimum absolute atomic E-state index is 0.0519. The predicted octanol–water partition coefficient (Wildman–Crippen LogP) is 5.36. The highest BCUT2D eigenvalue weighted by Gasteiger charge is 2.22. The van der Waals surface area contributed by atoms with Crippen LogP contribution in [0.2, 0.25) is 0 Å². The highest BCUT2D eigenvalue weighted by molar-refractivity contribution is 5.96. The number of nitrogens with zero attached hydrogens (tertiary/aromatic N) is 2. The molecule has 2 aromatic carbocycles. The fourth-order valence-corrected chi connectivity index (χ4v) is 4.26. The molecule has 0 saturated heterocycles. The molecule has 1 amide bonds. The lowest BCUT2D eigenvalue weighted by Crippen LogP contribution is -2.37. The highest BCUT2D eigenvalue weighted by atomic mass is 16.5. The Morgan fingerprint density at radius 2 is 1.70 bits per heavy atom. The second-order valence-electron chi connectivity index (χ2n) is 8.69. The summed E-state index contributed by atoms with van der Waals surface area (Å²) in [5.41, 5.74) is 1.94. The van der Waals surface area contributed by atoms with Crippen molar-refractivity contribution in [2.75, 3.05) is 31.1 Å². The molecule has 0 bridgehead atoms. The van der Waals surface area contributed by atoms with Gasteiger partial charge in [0.15, 0.2) is 6.61 Å². The van der Waals surface area contributed by atoms with Crippen molar-refractivity contribution < 1.29 is 19.4 Å². The fraction of sp³-hybridized carbons (Fsp3) is 0.481. The number of hydrogen-bond donors (Lipinski definition) is 1. The first-order valence-corrected chi connectivity index (χ1v) is 12.1. The number of carboxylic acid groups (broad SMARTS) is 1. The Balaban J connectivity index is 1.89. The van der Waals surface area contributed by atoms with E-state index in [4.69, 9.17) is 4.74 Å². The molecule has 0 saturated carbocycles. The van der Waals surface area contributed by atoms with E-state index in [0.29, 0.717) is 18.8 Å². The quantitative estimate of drug-likeness (QED) is 0.612. The van der Waals surface area contributed by atoms with Crippen molar-refractivity contribution in [2.45, 2.75) is 58.4 Å². The van der Waals surface area contributed by atoms with Crippen LogP contribution in [-0.4, -0.2) is 48.1 Å². The number of para-hydroxylation sites is 1. The Labute approximate surface area is 197 Å². The molecule has 178 valence electrons. The molecule has 2 aromatic rings. The fourth-order valence-electron chi connectivity index (χ4n) is 4.26. The van der Waals surface area contributed by atoms with Gasteiger partial charge in [-0.05, 0) is 68.2 Å². The van der Waals surface area contributed by atoms with Crippen LogP contribution in [0.5, 0.6) is 5.75 Å². The van der Waals surface area contributed by atoms with Gasteiger partial charge in [0.2, 0.25) is 0 Å². The zero-order chi connectivity index (χ0) is 23.5. The number of hydrogen-bond acceptors (Lipinski definition) is 4. The van der Waals surface area contributed by atoms with Crippen LogP contribution in [0.25, 0.3) is 0 Å². The molecule has 1 aliphatic heterocycles. The van der Waals surface area contributed by atoms with Crippen LogP contribution in [0.3, 0.4) is 0 Å². The summed E-state index contributed by atoms with van der Waals surface area (Å²) in [4.78, 5) is 29.2. The van der Waals surface area contributed by atoms with Gasteiger partial charge in [0.05, 0.1) is 5.56 Å². The summed E-state index contributed by atoms with van der Waals surface area (Å²) in [7, 11) is 0. The Hall–Kier alpha value is -2.86. The summed E-state index contributed by atoms with van der Waals surface area (Å²) in [5, 5.41) is 9.57. The average Bonchev–Trinajstić information content (AvgIpc) is 2.82. The molecule has 1 N–H and O–H groups in total. The van der Waals surface area contributed by atoms with E-state index in [1.54, 1.807) is 23.1 Å². The van der Waals surface area contributed by atoms with E-state index in [0.717, 1.165) is 62.9 Å². The van der Waals surface area contributed by atoms with Crippen molar-refractivity contribution in [1.82, 2.24) is 4.90 Å². The van der Waals surface area contributed by atoms with Crippen LogP contribution in [0, 0.1) is 0 Å². The normalized spacial score (nSPS) is 15.7. The SMILES string of the molecule is CCCCN1CCCCCCCN(C(=O)COc2ccccc2)c2ccc(C(=O)O)cc2C1. The van der Waals surface area contributed by atoms with E-state index in [1.165, 1.54) is 6.42 Å².